The van der Waals surface area contributed by atoms with Crippen molar-refractivity contribution >= 4 is 23.5 Å². The van der Waals surface area contributed by atoms with Crippen LogP contribution < -0.4 is 5.32 Å². The highest BCUT2D eigenvalue weighted by molar-refractivity contribution is 6.30. The number of halogens is 4. The van der Waals surface area contributed by atoms with Crippen LogP contribution in [0.5, 0.6) is 0 Å². The number of aromatic nitrogens is 3. The molecule has 3 N–H and O–H groups in total. The number of carboxylic acids is 2. The third-order valence-corrected chi connectivity index (χ3v) is 6.01. The molecule has 1 aromatic carbocycles. The summed E-state index contributed by atoms with van der Waals surface area (Å²) in [5, 5.41) is 25.8. The first-order valence-corrected chi connectivity index (χ1v) is 12.0. The highest BCUT2D eigenvalue weighted by Gasteiger charge is 2.38. The van der Waals surface area contributed by atoms with Crippen LogP contribution in [-0.2, 0) is 30.6 Å². The van der Waals surface area contributed by atoms with Crippen LogP contribution in [-0.4, -0.2) is 56.2 Å². The monoisotopic (exact) mass is 538 g/mol. The van der Waals surface area contributed by atoms with E-state index >= 15 is 0 Å². The molecule has 0 bridgehead atoms. The molecule has 2 heterocycles. The summed E-state index contributed by atoms with van der Waals surface area (Å²) < 4.78 is 33.4. The Balaban J connectivity index is 0.000000479. The smallest absolute Gasteiger partial charge is 0.477 e. The number of aromatic carboxylic acids is 1. The SMILES string of the molecule is O=C(O)C(F)(F)F.O=C(O)c1c2c(nn1CCCNCCCc1ccc(Cl)cc1)-c1ccncc1CC2. The van der Waals surface area contributed by atoms with Crippen molar-refractivity contribution in [2.75, 3.05) is 13.1 Å². The maximum atomic E-state index is 11.9. The van der Waals surface area contributed by atoms with Gasteiger partial charge in [-0.1, -0.05) is 23.7 Å². The Kier molecular flexibility index (Phi) is 9.65. The van der Waals surface area contributed by atoms with Gasteiger partial charge in [0.1, 0.15) is 5.69 Å². The molecule has 0 saturated carbocycles. The number of aryl methyl sites for hydroxylation is 3. The van der Waals surface area contributed by atoms with Crippen molar-refractivity contribution in [3.05, 3.63) is 70.1 Å². The van der Waals surface area contributed by atoms with Gasteiger partial charge >= 0.3 is 18.1 Å². The van der Waals surface area contributed by atoms with E-state index in [1.54, 1.807) is 10.9 Å². The van der Waals surface area contributed by atoms with Crippen molar-refractivity contribution in [1.82, 2.24) is 20.1 Å². The van der Waals surface area contributed by atoms with Gasteiger partial charge in [-0.15, -0.1) is 0 Å². The topological polar surface area (TPSA) is 117 Å². The van der Waals surface area contributed by atoms with E-state index in [9.17, 15) is 23.1 Å². The van der Waals surface area contributed by atoms with Gasteiger partial charge in [0.2, 0.25) is 0 Å². The lowest BCUT2D eigenvalue weighted by Crippen LogP contribution is -2.21. The summed E-state index contributed by atoms with van der Waals surface area (Å²) in [5.74, 6) is -3.66. The highest BCUT2D eigenvalue weighted by Crippen LogP contribution is 2.34. The van der Waals surface area contributed by atoms with Crippen LogP contribution in [0.1, 0.15) is 40.0 Å². The molecule has 0 aliphatic heterocycles. The zero-order valence-electron chi connectivity index (χ0n) is 19.8. The standard InChI is InChI=1S/C23H25ClN4O2.C2HF3O2/c24-18-7-4-16(5-8-18)3-1-11-25-12-2-14-28-22(23(29)30)20-9-6-17-15-26-13-10-19(17)21(20)27-28;3-2(4,5)1(6)7/h4-5,7-8,10,13,15,25H,1-3,6,9,11-12,14H2,(H,29,30);(H,6,7). The lowest BCUT2D eigenvalue weighted by atomic mass is 9.90. The fraction of sp³-hybridized carbons (Fsp3) is 0.360. The van der Waals surface area contributed by atoms with Gasteiger partial charge in [-0.3, -0.25) is 9.67 Å². The summed E-state index contributed by atoms with van der Waals surface area (Å²) in [6.45, 7) is 2.33. The van der Waals surface area contributed by atoms with E-state index < -0.39 is 18.1 Å². The lowest BCUT2D eigenvalue weighted by Gasteiger charge is -2.14. The van der Waals surface area contributed by atoms with E-state index in [1.165, 1.54) is 5.56 Å². The second-order valence-electron chi connectivity index (χ2n) is 8.37. The molecule has 198 valence electrons. The van der Waals surface area contributed by atoms with Gasteiger partial charge in [0.05, 0.1) is 5.69 Å². The largest absolute Gasteiger partial charge is 0.490 e. The van der Waals surface area contributed by atoms with E-state index in [2.05, 4.69) is 27.5 Å². The van der Waals surface area contributed by atoms with Crippen molar-refractivity contribution in [2.45, 2.75) is 44.8 Å². The molecule has 2 aromatic heterocycles. The van der Waals surface area contributed by atoms with Gasteiger partial charge in [-0.25, -0.2) is 9.59 Å². The number of nitrogens with zero attached hydrogens (tertiary/aromatic N) is 3. The molecule has 0 spiro atoms. The van der Waals surface area contributed by atoms with Crippen molar-refractivity contribution in [2.24, 2.45) is 0 Å². The Hall–Kier alpha value is -3.44. The number of hydrogen-bond acceptors (Lipinski definition) is 5. The Bertz CT molecular complexity index is 1230. The normalized spacial score (nSPS) is 12.2. The van der Waals surface area contributed by atoms with Gasteiger partial charge in [0.15, 0.2) is 0 Å². The fourth-order valence-corrected chi connectivity index (χ4v) is 4.14. The number of nitrogens with one attached hydrogen (secondary N) is 1. The summed E-state index contributed by atoms with van der Waals surface area (Å²) in [7, 11) is 0. The van der Waals surface area contributed by atoms with Gasteiger partial charge in [-0.2, -0.15) is 18.3 Å². The molecule has 3 aromatic rings. The summed E-state index contributed by atoms with van der Waals surface area (Å²) in [4.78, 5) is 25.0. The van der Waals surface area contributed by atoms with Crippen LogP contribution in [0.15, 0.2) is 42.7 Å². The van der Waals surface area contributed by atoms with Crippen LogP contribution in [0.4, 0.5) is 13.2 Å². The minimum absolute atomic E-state index is 0.329. The van der Waals surface area contributed by atoms with Gasteiger partial charge in [0, 0.05) is 35.1 Å². The Morgan fingerprint density at radius 2 is 1.73 bits per heavy atom. The van der Waals surface area contributed by atoms with Gasteiger partial charge in [-0.05, 0) is 74.5 Å². The highest BCUT2D eigenvalue weighted by atomic mass is 35.5. The fourth-order valence-electron chi connectivity index (χ4n) is 4.02. The van der Waals surface area contributed by atoms with E-state index in [0.29, 0.717) is 18.7 Å². The first-order valence-electron chi connectivity index (χ1n) is 11.6. The zero-order chi connectivity index (χ0) is 27.0. The molecule has 0 fully saturated rings. The third kappa shape index (κ3) is 7.77. The molecule has 1 aliphatic carbocycles. The van der Waals surface area contributed by atoms with E-state index in [4.69, 9.17) is 21.5 Å². The molecule has 0 radical (unpaired) electrons. The molecule has 8 nitrogen and oxygen atoms in total. The number of benzene rings is 1. The first kappa shape index (κ1) is 28.1. The average molecular weight is 539 g/mol. The van der Waals surface area contributed by atoms with Crippen LogP contribution in [0, 0.1) is 0 Å². The first-order chi connectivity index (χ1) is 17.6. The molecular weight excluding hydrogens is 513 g/mol. The number of alkyl halides is 3. The molecule has 37 heavy (non-hydrogen) atoms. The minimum Gasteiger partial charge on any atom is -0.477 e. The molecule has 0 unspecified atom stereocenters. The molecule has 1 aliphatic rings. The van der Waals surface area contributed by atoms with Crippen molar-refractivity contribution in [3.63, 3.8) is 0 Å². The molecule has 0 atom stereocenters. The predicted molar refractivity (Wildman–Crippen MR) is 131 cm³/mol. The average Bonchev–Trinajstić information content (AvgIpc) is 3.23. The van der Waals surface area contributed by atoms with E-state index in [0.717, 1.165) is 66.2 Å². The van der Waals surface area contributed by atoms with Crippen LogP contribution in [0.3, 0.4) is 0 Å². The Morgan fingerprint density at radius 3 is 2.38 bits per heavy atom. The zero-order valence-corrected chi connectivity index (χ0v) is 20.5. The molecule has 0 amide bonds. The third-order valence-electron chi connectivity index (χ3n) is 5.75. The number of hydrogen-bond donors (Lipinski definition) is 3. The summed E-state index contributed by atoms with van der Waals surface area (Å²) >= 11 is 5.91. The van der Waals surface area contributed by atoms with Gasteiger partial charge < -0.3 is 15.5 Å². The van der Waals surface area contributed by atoms with Crippen LogP contribution in [0.25, 0.3) is 11.3 Å². The Labute approximate surface area is 216 Å². The van der Waals surface area contributed by atoms with Crippen LogP contribution >= 0.6 is 11.6 Å². The Morgan fingerprint density at radius 1 is 1.05 bits per heavy atom. The van der Waals surface area contributed by atoms with E-state index in [-0.39, 0.29) is 0 Å². The maximum Gasteiger partial charge on any atom is 0.490 e. The molecule has 12 heteroatoms. The number of carbonyl (C=O) groups is 2. The number of carboxylic acid groups (broad SMARTS) is 2. The van der Waals surface area contributed by atoms with Crippen LogP contribution in [0.2, 0.25) is 5.02 Å². The summed E-state index contributed by atoms with van der Waals surface area (Å²) in [6, 6.07) is 9.89. The number of aliphatic carboxylic acids is 1. The van der Waals surface area contributed by atoms with Gasteiger partial charge in [0.25, 0.3) is 0 Å². The van der Waals surface area contributed by atoms with Crippen molar-refractivity contribution in [1.29, 1.82) is 0 Å². The van der Waals surface area contributed by atoms with Crippen molar-refractivity contribution in [3.8, 4) is 11.3 Å². The maximum absolute atomic E-state index is 11.9. The summed E-state index contributed by atoms with van der Waals surface area (Å²) in [5.41, 5.74) is 5.39. The molecule has 4 rings (SSSR count). The van der Waals surface area contributed by atoms with Crippen molar-refractivity contribution < 1.29 is 33.0 Å². The second kappa shape index (κ2) is 12.7. The minimum atomic E-state index is -5.08. The number of rotatable bonds is 9. The second-order valence-corrected chi connectivity index (χ2v) is 8.81. The number of pyridine rings is 1. The number of fused-ring (bicyclic) bond motifs is 3. The summed E-state index contributed by atoms with van der Waals surface area (Å²) in [6.07, 6.45) is 2.88. The van der Waals surface area contributed by atoms with E-state index in [1.807, 2.05) is 24.4 Å². The quantitative estimate of drug-likeness (QED) is 0.340. The molecular formula is C25H26ClF3N4O4. The lowest BCUT2D eigenvalue weighted by molar-refractivity contribution is -0.192. The molecule has 0 saturated heterocycles. The predicted octanol–water partition coefficient (Wildman–Crippen LogP) is 4.64.